The highest BCUT2D eigenvalue weighted by atomic mass is 32.1. The topological polar surface area (TPSA) is 81.2 Å². The number of nitrogens with two attached hydrogens (primary N) is 1. The molecule has 3 heterocycles. The summed E-state index contributed by atoms with van der Waals surface area (Å²) in [5.74, 6) is 0.612. The van der Waals surface area contributed by atoms with Crippen molar-refractivity contribution in [3.8, 4) is 11.3 Å². The third-order valence-electron chi connectivity index (χ3n) is 5.17. The monoisotopic (exact) mass is 389 g/mol. The predicted octanol–water partition coefficient (Wildman–Crippen LogP) is 4.56. The van der Waals surface area contributed by atoms with E-state index in [0.717, 1.165) is 52.1 Å². The number of hydrogen-bond donors (Lipinski definition) is 2. The fraction of sp³-hybridized carbons (Fsp3) is 0.182. The van der Waals surface area contributed by atoms with Gasteiger partial charge in [0.25, 0.3) is 5.91 Å². The summed E-state index contributed by atoms with van der Waals surface area (Å²) in [5, 5.41) is 3.81. The first-order valence-electron chi connectivity index (χ1n) is 9.32. The number of aromatic nitrogens is 1. The molecule has 0 bridgehead atoms. The van der Waals surface area contributed by atoms with Crippen molar-refractivity contribution in [2.45, 2.75) is 25.8 Å². The number of rotatable bonds is 4. The zero-order valence-corrected chi connectivity index (χ0v) is 16.0. The van der Waals surface area contributed by atoms with Crippen LogP contribution in [0.3, 0.4) is 0 Å². The van der Waals surface area contributed by atoms with Crippen LogP contribution in [0.5, 0.6) is 0 Å². The van der Waals surface area contributed by atoms with Crippen molar-refractivity contribution in [2.24, 2.45) is 0 Å². The number of thiophene rings is 1. The second-order valence-electron chi connectivity index (χ2n) is 6.94. The second-order valence-corrected chi connectivity index (χ2v) is 7.94. The molecule has 3 N–H and O–H groups in total. The van der Waals surface area contributed by atoms with Gasteiger partial charge >= 0.3 is 0 Å². The van der Waals surface area contributed by atoms with Gasteiger partial charge in [-0.15, -0.1) is 11.3 Å². The number of nitrogen functional groups attached to an aromatic ring is 1. The number of carbonyl (C=O) groups is 1. The van der Waals surface area contributed by atoms with Crippen molar-refractivity contribution in [1.82, 2.24) is 10.3 Å². The highest BCUT2D eigenvalue weighted by Gasteiger charge is 2.27. The summed E-state index contributed by atoms with van der Waals surface area (Å²) in [7, 11) is 0. The molecule has 5 rings (SSSR count). The quantitative estimate of drug-likeness (QED) is 0.536. The van der Waals surface area contributed by atoms with Crippen LogP contribution in [-0.2, 0) is 19.4 Å². The number of benzene rings is 1. The fourth-order valence-electron chi connectivity index (χ4n) is 3.87. The maximum absolute atomic E-state index is 12.8. The van der Waals surface area contributed by atoms with E-state index in [2.05, 4.69) is 5.32 Å². The minimum atomic E-state index is -0.171. The molecule has 0 fully saturated rings. The molecule has 1 aromatic carbocycles. The van der Waals surface area contributed by atoms with Crippen LogP contribution >= 0.6 is 11.3 Å². The summed E-state index contributed by atoms with van der Waals surface area (Å²) >= 11 is 1.35. The van der Waals surface area contributed by atoms with Crippen LogP contribution in [0, 0.1) is 0 Å². The molecule has 0 spiro atoms. The number of carbonyl (C=O) groups excluding carboxylic acids is 1. The molecular formula is C22H19N3O2S. The Labute approximate surface area is 166 Å². The molecule has 0 aliphatic heterocycles. The van der Waals surface area contributed by atoms with E-state index in [1.807, 2.05) is 42.5 Å². The number of nitrogens with one attached hydrogen (secondary N) is 1. The van der Waals surface area contributed by atoms with Crippen LogP contribution in [0.15, 0.2) is 53.1 Å². The Kier molecular flexibility index (Phi) is 4.13. The summed E-state index contributed by atoms with van der Waals surface area (Å²) in [5.41, 5.74) is 11.3. The van der Waals surface area contributed by atoms with Crippen molar-refractivity contribution in [2.75, 3.05) is 5.73 Å². The average Bonchev–Trinajstić information content (AvgIpc) is 3.46. The Hall–Kier alpha value is -3.12. The van der Waals surface area contributed by atoms with Gasteiger partial charge in [0.15, 0.2) is 0 Å². The molecule has 28 heavy (non-hydrogen) atoms. The Morgan fingerprint density at radius 3 is 2.82 bits per heavy atom. The Morgan fingerprint density at radius 2 is 2.04 bits per heavy atom. The van der Waals surface area contributed by atoms with Crippen molar-refractivity contribution < 1.29 is 9.21 Å². The lowest BCUT2D eigenvalue weighted by molar-refractivity contribution is 0.0956. The smallest absolute Gasteiger partial charge is 0.263 e. The summed E-state index contributed by atoms with van der Waals surface area (Å²) in [6.07, 6.45) is 4.65. The third kappa shape index (κ3) is 2.77. The van der Waals surface area contributed by atoms with E-state index in [9.17, 15) is 4.79 Å². The van der Waals surface area contributed by atoms with Crippen LogP contribution in [0.4, 0.5) is 5.69 Å². The summed E-state index contributed by atoms with van der Waals surface area (Å²) in [4.78, 5) is 19.0. The zero-order chi connectivity index (χ0) is 19.1. The molecule has 6 heteroatoms. The van der Waals surface area contributed by atoms with Crippen LogP contribution in [0.25, 0.3) is 21.5 Å². The maximum atomic E-state index is 12.8. The van der Waals surface area contributed by atoms with E-state index in [-0.39, 0.29) is 5.91 Å². The predicted molar refractivity (Wildman–Crippen MR) is 111 cm³/mol. The molecule has 1 amide bonds. The molecule has 0 radical (unpaired) electrons. The molecule has 0 saturated heterocycles. The third-order valence-corrected chi connectivity index (χ3v) is 6.27. The van der Waals surface area contributed by atoms with Crippen LogP contribution in [0.2, 0.25) is 0 Å². The van der Waals surface area contributed by atoms with Crippen LogP contribution in [0.1, 0.15) is 32.9 Å². The van der Waals surface area contributed by atoms with Gasteiger partial charge in [-0.2, -0.15) is 0 Å². The number of hydrogen-bond acceptors (Lipinski definition) is 5. The van der Waals surface area contributed by atoms with Gasteiger partial charge in [0.2, 0.25) is 0 Å². The van der Waals surface area contributed by atoms with Gasteiger partial charge in [-0.3, -0.25) is 4.79 Å². The first kappa shape index (κ1) is 17.0. The van der Waals surface area contributed by atoms with Gasteiger partial charge in [-0.05, 0) is 42.5 Å². The highest BCUT2D eigenvalue weighted by molar-refractivity contribution is 7.21. The number of nitrogens with zero attached hydrogens (tertiary/aromatic N) is 1. The van der Waals surface area contributed by atoms with Gasteiger partial charge in [0.1, 0.15) is 15.5 Å². The minimum absolute atomic E-state index is 0.171. The lowest BCUT2D eigenvalue weighted by Crippen LogP contribution is -2.22. The molecule has 1 aliphatic rings. The molecule has 0 atom stereocenters. The van der Waals surface area contributed by atoms with Crippen molar-refractivity contribution in [3.05, 3.63) is 70.4 Å². The number of furan rings is 1. The average molecular weight is 389 g/mol. The van der Waals surface area contributed by atoms with E-state index >= 15 is 0 Å². The standard InChI is InChI=1S/C22H19N3O2S/c23-19-18-17(16-10-5-11-27-16)14-8-4-9-15(14)25-22(18)28-20(19)21(26)24-12-13-6-2-1-3-7-13/h1-3,5-7,10-11H,4,8-9,12,23H2,(H,24,26). The summed E-state index contributed by atoms with van der Waals surface area (Å²) in [6.45, 7) is 0.461. The molecule has 5 nitrogen and oxygen atoms in total. The molecular weight excluding hydrogens is 370 g/mol. The van der Waals surface area contributed by atoms with Gasteiger partial charge in [0, 0.05) is 23.2 Å². The van der Waals surface area contributed by atoms with Crippen LogP contribution < -0.4 is 11.1 Å². The normalized spacial score (nSPS) is 13.0. The van der Waals surface area contributed by atoms with Gasteiger partial charge in [0.05, 0.1) is 12.0 Å². The largest absolute Gasteiger partial charge is 0.464 e. The second kappa shape index (κ2) is 6.80. The van der Waals surface area contributed by atoms with Crippen molar-refractivity contribution >= 4 is 33.1 Å². The number of fused-ring (bicyclic) bond motifs is 2. The number of pyridine rings is 1. The van der Waals surface area contributed by atoms with Gasteiger partial charge in [-0.25, -0.2) is 4.98 Å². The molecule has 140 valence electrons. The number of anilines is 1. The van der Waals surface area contributed by atoms with Crippen molar-refractivity contribution in [1.29, 1.82) is 0 Å². The van der Waals surface area contributed by atoms with Crippen molar-refractivity contribution in [3.63, 3.8) is 0 Å². The molecule has 4 aromatic rings. The molecule has 3 aromatic heterocycles. The van der Waals surface area contributed by atoms with Gasteiger partial charge in [-0.1, -0.05) is 30.3 Å². The molecule has 1 aliphatic carbocycles. The Bertz CT molecular complexity index is 1160. The Morgan fingerprint density at radius 1 is 1.18 bits per heavy atom. The lowest BCUT2D eigenvalue weighted by Gasteiger charge is -2.09. The van der Waals surface area contributed by atoms with E-state index in [0.29, 0.717) is 17.1 Å². The highest BCUT2D eigenvalue weighted by Crippen LogP contribution is 2.44. The summed E-state index contributed by atoms with van der Waals surface area (Å²) in [6, 6.07) is 13.6. The number of aryl methyl sites for hydroxylation is 1. The first-order valence-corrected chi connectivity index (χ1v) is 10.1. The fourth-order valence-corrected chi connectivity index (χ4v) is 4.91. The lowest BCUT2D eigenvalue weighted by atomic mass is 10.0. The molecule has 0 unspecified atom stereocenters. The van der Waals surface area contributed by atoms with E-state index in [1.165, 1.54) is 16.9 Å². The van der Waals surface area contributed by atoms with E-state index < -0.39 is 0 Å². The zero-order valence-electron chi connectivity index (χ0n) is 15.2. The SMILES string of the molecule is Nc1c(C(=O)NCc2ccccc2)sc2nc3c(c(-c4ccco4)c12)CCC3. The Balaban J connectivity index is 1.58. The van der Waals surface area contributed by atoms with Gasteiger partial charge < -0.3 is 15.5 Å². The van der Waals surface area contributed by atoms with E-state index in [1.54, 1.807) is 6.26 Å². The summed E-state index contributed by atoms with van der Waals surface area (Å²) < 4.78 is 5.70. The maximum Gasteiger partial charge on any atom is 0.263 e. The minimum Gasteiger partial charge on any atom is -0.464 e. The van der Waals surface area contributed by atoms with Crippen LogP contribution in [-0.4, -0.2) is 10.9 Å². The number of amides is 1. The van der Waals surface area contributed by atoms with E-state index in [4.69, 9.17) is 15.1 Å². The first-order chi connectivity index (χ1) is 13.7. The molecule has 0 saturated carbocycles.